The minimum atomic E-state index is -4.63. The normalized spacial score (nSPS) is 11.8. The highest BCUT2D eigenvalue weighted by molar-refractivity contribution is 5.97. The molecule has 38 heavy (non-hydrogen) atoms. The summed E-state index contributed by atoms with van der Waals surface area (Å²) >= 11 is 0. The van der Waals surface area contributed by atoms with Gasteiger partial charge < -0.3 is 15.5 Å². The Morgan fingerprint density at radius 2 is 1.66 bits per heavy atom. The van der Waals surface area contributed by atoms with Gasteiger partial charge in [-0.1, -0.05) is 63.9 Å². The van der Waals surface area contributed by atoms with Gasteiger partial charge in [0.25, 0.3) is 0 Å². The summed E-state index contributed by atoms with van der Waals surface area (Å²) in [7, 11) is 0. The number of nitrogens with zero attached hydrogens (tertiary/aromatic N) is 3. The lowest BCUT2D eigenvalue weighted by Gasteiger charge is -2.23. The molecule has 2 N–H and O–H groups in total. The van der Waals surface area contributed by atoms with Crippen molar-refractivity contribution in [2.75, 3.05) is 23.7 Å². The van der Waals surface area contributed by atoms with Crippen molar-refractivity contribution in [2.24, 2.45) is 0 Å². The lowest BCUT2D eigenvalue weighted by molar-refractivity contribution is -0.137. The number of carbonyl (C=O) groups excluding carboxylic acids is 2. The highest BCUT2D eigenvalue weighted by atomic mass is 19.4. The molecule has 3 rings (SSSR count). The molecule has 0 atom stereocenters. The maximum atomic E-state index is 13.4. The third-order valence-electron chi connectivity index (χ3n) is 5.90. The van der Waals surface area contributed by atoms with Gasteiger partial charge in [-0.05, 0) is 37.6 Å². The van der Waals surface area contributed by atoms with E-state index in [0.29, 0.717) is 12.2 Å². The fraction of sp³-hybridized carbons (Fsp3) is 0.393. The largest absolute Gasteiger partial charge is 0.418 e. The fourth-order valence-corrected chi connectivity index (χ4v) is 3.71. The molecule has 2 aromatic carbocycles. The van der Waals surface area contributed by atoms with Crippen LogP contribution in [0.2, 0.25) is 0 Å². The number of aryl methyl sites for hydroxylation is 1. The third-order valence-corrected chi connectivity index (χ3v) is 5.90. The number of urea groups is 1. The fourth-order valence-electron chi connectivity index (χ4n) is 3.71. The average molecular weight is 530 g/mol. The van der Waals surface area contributed by atoms with Gasteiger partial charge in [-0.3, -0.25) is 4.79 Å². The Balaban J connectivity index is 1.83. The molecule has 0 aliphatic rings. The van der Waals surface area contributed by atoms with Crippen molar-refractivity contribution in [2.45, 2.75) is 59.1 Å². The maximum absolute atomic E-state index is 13.4. The second-order valence-corrected chi connectivity index (χ2v) is 10.2. The molecule has 0 unspecified atom stereocenters. The Bertz CT molecular complexity index is 1260. The molecule has 204 valence electrons. The van der Waals surface area contributed by atoms with E-state index in [2.05, 4.69) is 15.7 Å². The first-order chi connectivity index (χ1) is 17.8. The van der Waals surface area contributed by atoms with Crippen molar-refractivity contribution in [1.29, 1.82) is 0 Å². The van der Waals surface area contributed by atoms with Crippen LogP contribution in [0.15, 0.2) is 54.6 Å². The summed E-state index contributed by atoms with van der Waals surface area (Å²) in [5, 5.41) is 9.86. The van der Waals surface area contributed by atoms with Crippen LogP contribution in [-0.2, 0) is 16.4 Å². The van der Waals surface area contributed by atoms with Crippen LogP contribution in [0.5, 0.6) is 0 Å². The number of para-hydroxylation sites is 1. The topological polar surface area (TPSA) is 79.3 Å². The van der Waals surface area contributed by atoms with Gasteiger partial charge in [-0.2, -0.15) is 18.3 Å². The molecule has 0 bridgehead atoms. The van der Waals surface area contributed by atoms with Crippen LogP contribution in [0.4, 0.5) is 29.5 Å². The summed E-state index contributed by atoms with van der Waals surface area (Å²) in [5.41, 5.74) is 0.994. The molecule has 7 nitrogen and oxygen atoms in total. The third kappa shape index (κ3) is 7.36. The summed E-state index contributed by atoms with van der Waals surface area (Å²) in [5.74, 6) is -0.0591. The van der Waals surface area contributed by atoms with Crippen molar-refractivity contribution < 1.29 is 22.8 Å². The smallest absolute Gasteiger partial charge is 0.315 e. The number of alkyl halides is 3. The molecule has 0 aliphatic carbocycles. The molecule has 0 aliphatic heterocycles. The number of rotatable bonds is 8. The second kappa shape index (κ2) is 11.7. The zero-order chi connectivity index (χ0) is 28.1. The second-order valence-electron chi connectivity index (χ2n) is 10.2. The molecule has 0 radical (unpaired) electrons. The number of aromatic nitrogens is 2. The van der Waals surface area contributed by atoms with Gasteiger partial charge >= 0.3 is 12.2 Å². The Morgan fingerprint density at radius 1 is 1.00 bits per heavy atom. The van der Waals surface area contributed by atoms with Crippen molar-refractivity contribution in [3.63, 3.8) is 0 Å². The van der Waals surface area contributed by atoms with Crippen LogP contribution in [0.1, 0.15) is 57.4 Å². The zero-order valence-corrected chi connectivity index (χ0v) is 22.3. The monoisotopic (exact) mass is 529 g/mol. The maximum Gasteiger partial charge on any atom is 0.418 e. The number of hydrogen-bond acceptors (Lipinski definition) is 3. The average Bonchev–Trinajstić information content (AvgIpc) is 3.26. The van der Waals surface area contributed by atoms with Crippen LogP contribution < -0.4 is 10.6 Å². The lowest BCUT2D eigenvalue weighted by Crippen LogP contribution is -2.41. The van der Waals surface area contributed by atoms with E-state index < -0.39 is 23.7 Å². The standard InChI is InChI=1S/C28H34F3N5O2/c1-6-7-16-35(26(38)32-22-11-9-8-10-21(22)28(29,30)31)18-25(37)33-24-17-23(27(3,4)5)34-36(24)20-14-12-19(2)13-15-20/h8-15,17H,6-7,16,18H2,1-5H3,(H,32,38)(H,33,37). The van der Waals surface area contributed by atoms with Gasteiger partial charge in [-0.15, -0.1) is 0 Å². The molecule has 0 saturated heterocycles. The highest BCUT2D eigenvalue weighted by Crippen LogP contribution is 2.34. The van der Waals surface area contributed by atoms with Gasteiger partial charge in [0.15, 0.2) is 0 Å². The zero-order valence-electron chi connectivity index (χ0n) is 22.3. The lowest BCUT2D eigenvalue weighted by atomic mass is 9.92. The molecule has 3 amide bonds. The summed E-state index contributed by atoms with van der Waals surface area (Å²) in [4.78, 5) is 27.3. The summed E-state index contributed by atoms with van der Waals surface area (Å²) in [6, 6.07) is 13.4. The Morgan fingerprint density at radius 3 is 2.26 bits per heavy atom. The van der Waals surface area contributed by atoms with Crippen molar-refractivity contribution >= 4 is 23.4 Å². The van der Waals surface area contributed by atoms with E-state index in [1.54, 1.807) is 10.7 Å². The van der Waals surface area contributed by atoms with Crippen LogP contribution in [-0.4, -0.2) is 39.7 Å². The van der Waals surface area contributed by atoms with E-state index in [0.717, 1.165) is 29.4 Å². The van der Waals surface area contributed by atoms with E-state index in [9.17, 15) is 22.8 Å². The molecular formula is C28H34F3N5O2. The molecule has 0 fully saturated rings. The Labute approximate surface area is 221 Å². The number of anilines is 2. The van der Waals surface area contributed by atoms with Gasteiger partial charge in [0.2, 0.25) is 5.91 Å². The first-order valence-corrected chi connectivity index (χ1v) is 12.5. The van der Waals surface area contributed by atoms with Gasteiger partial charge in [0, 0.05) is 18.0 Å². The predicted molar refractivity (Wildman–Crippen MR) is 143 cm³/mol. The molecule has 10 heteroatoms. The van der Waals surface area contributed by atoms with E-state index in [1.807, 2.05) is 58.9 Å². The summed E-state index contributed by atoms with van der Waals surface area (Å²) in [6.07, 6.45) is -3.31. The summed E-state index contributed by atoms with van der Waals surface area (Å²) < 4.78 is 41.8. The van der Waals surface area contributed by atoms with Gasteiger partial charge in [-0.25, -0.2) is 9.48 Å². The first-order valence-electron chi connectivity index (χ1n) is 12.5. The molecule has 0 saturated carbocycles. The number of halogens is 3. The number of unbranched alkanes of at least 4 members (excludes halogenated alkanes) is 1. The number of benzene rings is 2. The molecule has 1 aromatic heterocycles. The molecule has 3 aromatic rings. The predicted octanol–water partition coefficient (Wildman–Crippen LogP) is 6.77. The quantitative estimate of drug-likeness (QED) is 0.338. The number of nitrogens with one attached hydrogen (secondary N) is 2. The van der Waals surface area contributed by atoms with E-state index in [4.69, 9.17) is 0 Å². The van der Waals surface area contributed by atoms with Gasteiger partial charge in [0.1, 0.15) is 12.4 Å². The molecule has 0 spiro atoms. The molecule has 1 heterocycles. The minimum absolute atomic E-state index is 0.203. The SMILES string of the molecule is CCCCN(CC(=O)Nc1cc(C(C)(C)C)nn1-c1ccc(C)cc1)C(=O)Nc1ccccc1C(F)(F)F. The van der Waals surface area contributed by atoms with Crippen LogP contribution in [0, 0.1) is 6.92 Å². The Kier molecular flexibility index (Phi) is 8.85. The van der Waals surface area contributed by atoms with E-state index in [-0.39, 0.29) is 24.2 Å². The van der Waals surface area contributed by atoms with Crippen molar-refractivity contribution in [1.82, 2.24) is 14.7 Å². The number of amides is 3. The van der Waals surface area contributed by atoms with Crippen LogP contribution >= 0.6 is 0 Å². The molecular weight excluding hydrogens is 495 g/mol. The summed E-state index contributed by atoms with van der Waals surface area (Å²) in [6.45, 7) is 9.78. The van der Waals surface area contributed by atoms with Crippen molar-refractivity contribution in [3.8, 4) is 5.69 Å². The van der Waals surface area contributed by atoms with E-state index >= 15 is 0 Å². The first kappa shape index (κ1) is 28.7. The number of hydrogen-bond donors (Lipinski definition) is 2. The van der Waals surface area contributed by atoms with Crippen molar-refractivity contribution in [3.05, 3.63) is 71.4 Å². The Hall–Kier alpha value is -3.82. The van der Waals surface area contributed by atoms with E-state index in [1.165, 1.54) is 23.1 Å². The van der Waals surface area contributed by atoms with Crippen LogP contribution in [0.3, 0.4) is 0 Å². The highest BCUT2D eigenvalue weighted by Gasteiger charge is 2.34. The number of carbonyl (C=O) groups is 2. The minimum Gasteiger partial charge on any atom is -0.315 e. The van der Waals surface area contributed by atoms with Crippen LogP contribution in [0.25, 0.3) is 5.69 Å². The van der Waals surface area contributed by atoms with Gasteiger partial charge in [0.05, 0.1) is 22.6 Å².